The number of fused-ring (bicyclic) bond motifs is 1. The monoisotopic (exact) mass is 218 g/mol. The minimum Gasteiger partial charge on any atom is -0.0576 e. The molecule has 0 heterocycles. The van der Waals surface area contributed by atoms with Crippen molar-refractivity contribution in [2.75, 3.05) is 0 Å². The van der Waals surface area contributed by atoms with Gasteiger partial charge in [0.1, 0.15) is 0 Å². The highest BCUT2D eigenvalue weighted by atomic mass is 79.9. The average Bonchev–Trinajstić information content (AvgIpc) is 2.26. The Labute approximate surface area is 87.0 Å². The van der Waals surface area contributed by atoms with Crippen LogP contribution in [0.1, 0.15) is 34.8 Å². The Morgan fingerprint density at radius 3 is 2.73 bits per heavy atom. The maximum absolute atomic E-state index is 7.90. The van der Waals surface area contributed by atoms with E-state index in [1.165, 1.54) is 18.2 Å². The molecule has 0 bridgehead atoms. The van der Waals surface area contributed by atoms with Crippen LogP contribution in [0.15, 0.2) is 22.7 Å². The first-order valence-electron chi connectivity index (χ1n) is 7.18. The molecule has 0 saturated heterocycles. The third-order valence-electron chi connectivity index (χ3n) is 1.44. The molecule has 0 atom stereocenters. The fourth-order valence-electron chi connectivity index (χ4n) is 0.926. The lowest BCUT2D eigenvalue weighted by atomic mass is 9.92. The van der Waals surface area contributed by atoms with E-state index in [9.17, 15) is 0 Å². The van der Waals surface area contributed by atoms with Crippen molar-refractivity contribution in [2.45, 2.75) is 25.5 Å². The summed E-state index contributed by atoms with van der Waals surface area (Å²) in [4.78, 5) is 0. The number of hydrogen-bond donors (Lipinski definition) is 0. The summed E-state index contributed by atoms with van der Waals surface area (Å²) < 4.78 is 63.0. The van der Waals surface area contributed by atoms with Crippen LogP contribution in [0.5, 0.6) is 0 Å². The Bertz CT molecular complexity index is 536. The smallest absolute Gasteiger partial charge is 0.0316 e. The molecule has 1 aromatic carbocycles. The van der Waals surface area contributed by atoms with Gasteiger partial charge in [-0.1, -0.05) is 22.0 Å². The molecule has 11 heavy (non-hydrogen) atoms. The van der Waals surface area contributed by atoms with Gasteiger partial charge in [-0.25, -0.2) is 0 Å². The van der Waals surface area contributed by atoms with Crippen LogP contribution >= 0.6 is 15.9 Å². The average molecular weight is 219 g/mol. The SMILES string of the molecule is [2H]C1([2H])c2ccc(Br)cc2C([2H])([2H])C([2H])([2H])C1([2H])[2H]. The van der Waals surface area contributed by atoms with Crippen molar-refractivity contribution in [3.05, 3.63) is 33.8 Å². The third-order valence-corrected chi connectivity index (χ3v) is 1.93. The molecule has 0 saturated carbocycles. The minimum atomic E-state index is -2.99. The van der Waals surface area contributed by atoms with Gasteiger partial charge in [0, 0.05) is 15.4 Å². The van der Waals surface area contributed by atoms with Crippen molar-refractivity contribution >= 4 is 15.9 Å². The Morgan fingerprint density at radius 1 is 1.18 bits per heavy atom. The molecule has 0 unspecified atom stereocenters. The summed E-state index contributed by atoms with van der Waals surface area (Å²) in [5, 5.41) is 0. The zero-order valence-corrected chi connectivity index (χ0v) is 7.20. The first kappa shape index (κ1) is 2.59. The van der Waals surface area contributed by atoms with Crippen LogP contribution in [0, 0.1) is 0 Å². The van der Waals surface area contributed by atoms with Crippen LogP contribution < -0.4 is 0 Å². The fraction of sp³-hybridized carbons (Fsp3) is 0.400. The summed E-state index contributed by atoms with van der Waals surface area (Å²) in [6.45, 7) is 0. The second-order valence-corrected chi connectivity index (χ2v) is 3.11. The van der Waals surface area contributed by atoms with Crippen LogP contribution in [-0.2, 0) is 12.7 Å². The van der Waals surface area contributed by atoms with Gasteiger partial charge < -0.3 is 0 Å². The van der Waals surface area contributed by atoms with E-state index in [0.717, 1.165) is 0 Å². The molecular weight excluding hydrogens is 200 g/mol. The van der Waals surface area contributed by atoms with Gasteiger partial charge in [0.05, 0.1) is 0 Å². The zero-order valence-electron chi connectivity index (χ0n) is 13.6. The lowest BCUT2D eigenvalue weighted by Gasteiger charge is -2.14. The normalized spacial score (nSPS) is 45.2. The minimum absolute atomic E-state index is 0.152. The molecule has 0 radical (unpaired) electrons. The maximum Gasteiger partial charge on any atom is 0.0316 e. The highest BCUT2D eigenvalue weighted by Gasteiger charge is 2.07. The second kappa shape index (κ2) is 2.98. The number of rotatable bonds is 0. The van der Waals surface area contributed by atoms with Crippen molar-refractivity contribution in [3.8, 4) is 0 Å². The molecule has 1 aromatic rings. The number of hydrogen-bond acceptors (Lipinski definition) is 0. The summed E-state index contributed by atoms with van der Waals surface area (Å²) >= 11 is 3.14. The lowest BCUT2D eigenvalue weighted by Crippen LogP contribution is -2.01. The zero-order chi connectivity index (χ0) is 14.9. The molecule has 0 aromatic heterocycles. The molecule has 0 amide bonds. The van der Waals surface area contributed by atoms with Gasteiger partial charge in [0.2, 0.25) is 0 Å². The van der Waals surface area contributed by atoms with Gasteiger partial charge in [-0.2, -0.15) is 0 Å². The van der Waals surface area contributed by atoms with Crippen molar-refractivity contribution in [2.24, 2.45) is 0 Å². The highest BCUT2D eigenvalue weighted by molar-refractivity contribution is 9.10. The fourth-order valence-corrected chi connectivity index (χ4v) is 1.29. The summed E-state index contributed by atoms with van der Waals surface area (Å²) in [5.74, 6) is 0. The first-order valence-corrected chi connectivity index (χ1v) is 3.97. The molecule has 58 valence electrons. The van der Waals surface area contributed by atoms with Crippen molar-refractivity contribution in [1.29, 1.82) is 0 Å². The van der Waals surface area contributed by atoms with E-state index >= 15 is 0 Å². The van der Waals surface area contributed by atoms with E-state index in [2.05, 4.69) is 15.9 Å². The van der Waals surface area contributed by atoms with Gasteiger partial charge in [-0.3, -0.25) is 0 Å². The van der Waals surface area contributed by atoms with Crippen LogP contribution in [0.4, 0.5) is 0 Å². The molecule has 1 aliphatic rings. The van der Waals surface area contributed by atoms with Crippen LogP contribution in [0.2, 0.25) is 0 Å². The van der Waals surface area contributed by atoms with Crippen molar-refractivity contribution < 1.29 is 11.0 Å². The molecule has 0 N–H and O–H groups in total. The number of halogens is 1. The molecule has 0 aliphatic heterocycles. The lowest BCUT2D eigenvalue weighted by molar-refractivity contribution is 0.685. The van der Waals surface area contributed by atoms with E-state index < -0.39 is 25.5 Å². The Hall–Kier alpha value is -0.300. The molecule has 1 aliphatic carbocycles. The number of aryl methyl sites for hydroxylation is 2. The molecular formula is C10H11Br. The van der Waals surface area contributed by atoms with Crippen LogP contribution in [0.3, 0.4) is 0 Å². The molecule has 1 heteroatoms. The van der Waals surface area contributed by atoms with Gasteiger partial charge >= 0.3 is 0 Å². The number of benzene rings is 1. The molecule has 0 spiro atoms. The van der Waals surface area contributed by atoms with Gasteiger partial charge in [-0.15, -0.1) is 0 Å². The first-order chi connectivity index (χ1) is 8.37. The topological polar surface area (TPSA) is 0 Å². The van der Waals surface area contributed by atoms with E-state index in [-0.39, 0.29) is 11.1 Å². The molecule has 2 rings (SSSR count). The summed E-state index contributed by atoms with van der Waals surface area (Å²) in [5.41, 5.74) is -0.312. The van der Waals surface area contributed by atoms with Crippen molar-refractivity contribution in [3.63, 3.8) is 0 Å². The van der Waals surface area contributed by atoms with E-state index in [4.69, 9.17) is 11.0 Å². The Kier molecular flexibility index (Phi) is 0.702. The van der Waals surface area contributed by atoms with Gasteiger partial charge in [0.25, 0.3) is 0 Å². The van der Waals surface area contributed by atoms with Crippen molar-refractivity contribution in [1.82, 2.24) is 0 Å². The predicted molar refractivity (Wildman–Crippen MR) is 50.8 cm³/mol. The second-order valence-electron chi connectivity index (χ2n) is 2.19. The Balaban J connectivity index is 2.88. The Morgan fingerprint density at radius 2 is 1.91 bits per heavy atom. The largest absolute Gasteiger partial charge is 0.0576 e. The standard InChI is InChI=1S/C10H11Br/c11-10-6-5-8-3-1-2-4-9(8)7-10/h5-7H,1-4H2/i1D2,2D2,3D2,4D2. The van der Waals surface area contributed by atoms with E-state index in [1.807, 2.05) is 0 Å². The predicted octanol–water partition coefficient (Wildman–Crippen LogP) is 3.33. The summed E-state index contributed by atoms with van der Waals surface area (Å²) in [6, 6.07) is 4.09. The third kappa shape index (κ3) is 1.48. The highest BCUT2D eigenvalue weighted by Crippen LogP contribution is 2.23. The van der Waals surface area contributed by atoms with Gasteiger partial charge in [-0.05, 0) is 48.8 Å². The van der Waals surface area contributed by atoms with Crippen LogP contribution in [-0.4, -0.2) is 0 Å². The van der Waals surface area contributed by atoms with E-state index in [0.29, 0.717) is 4.47 Å². The quantitative estimate of drug-likeness (QED) is 0.627. The maximum atomic E-state index is 7.90. The van der Waals surface area contributed by atoms with E-state index in [1.54, 1.807) is 0 Å². The summed E-state index contributed by atoms with van der Waals surface area (Å²) in [7, 11) is 0. The van der Waals surface area contributed by atoms with Crippen LogP contribution in [0.25, 0.3) is 0 Å². The molecule has 0 fully saturated rings. The summed E-state index contributed by atoms with van der Waals surface area (Å²) in [6.07, 6.45) is -11.2. The molecule has 0 nitrogen and oxygen atoms in total. The van der Waals surface area contributed by atoms with Gasteiger partial charge in [0.15, 0.2) is 0 Å².